The van der Waals surface area contributed by atoms with Crippen LogP contribution in [-0.4, -0.2) is 9.97 Å². The van der Waals surface area contributed by atoms with E-state index < -0.39 is 0 Å². The zero-order chi connectivity index (χ0) is 11.5. The average Bonchev–Trinajstić information content (AvgIpc) is 2.25. The summed E-state index contributed by atoms with van der Waals surface area (Å²) in [4.78, 5) is 7.75. The van der Waals surface area contributed by atoms with Crippen LogP contribution in [0, 0.1) is 6.92 Å². The van der Waals surface area contributed by atoms with Crippen LogP contribution in [0.3, 0.4) is 0 Å². The normalized spacial score (nSPS) is 10.2. The van der Waals surface area contributed by atoms with Crippen molar-refractivity contribution >= 4 is 27.5 Å². The third kappa shape index (κ3) is 2.51. The van der Waals surface area contributed by atoms with Gasteiger partial charge in [-0.3, -0.25) is 0 Å². The van der Waals surface area contributed by atoms with Crippen LogP contribution in [-0.2, 0) is 0 Å². The fraction of sp³-hybridized carbons (Fsp3) is 0.0909. The molecule has 0 saturated carbocycles. The van der Waals surface area contributed by atoms with Crippen molar-refractivity contribution in [1.82, 2.24) is 9.97 Å². The smallest absolute Gasteiger partial charge is 0.241 e. The van der Waals surface area contributed by atoms with Gasteiger partial charge in [0.25, 0.3) is 0 Å². The monoisotopic (exact) mass is 298 g/mol. The van der Waals surface area contributed by atoms with Gasteiger partial charge in [-0.1, -0.05) is 27.5 Å². The van der Waals surface area contributed by atoms with Crippen molar-refractivity contribution in [2.75, 3.05) is 0 Å². The first-order valence-corrected chi connectivity index (χ1v) is 5.73. The lowest BCUT2D eigenvalue weighted by Gasteiger charge is -2.08. The Bertz CT molecular complexity index is 519. The van der Waals surface area contributed by atoms with Crippen LogP contribution in [0.15, 0.2) is 35.2 Å². The molecular formula is C11H8BrClN2O. The molecule has 1 aromatic heterocycles. The third-order valence-electron chi connectivity index (χ3n) is 1.98. The van der Waals surface area contributed by atoms with E-state index in [0.717, 1.165) is 15.8 Å². The van der Waals surface area contributed by atoms with Crippen molar-refractivity contribution in [2.45, 2.75) is 6.92 Å². The molecule has 2 aromatic rings. The second-order valence-electron chi connectivity index (χ2n) is 3.19. The van der Waals surface area contributed by atoms with Crippen LogP contribution in [0.2, 0.25) is 5.02 Å². The predicted octanol–water partition coefficient (Wildman–Crippen LogP) is 3.99. The first-order chi connectivity index (χ1) is 7.66. The van der Waals surface area contributed by atoms with Gasteiger partial charge >= 0.3 is 0 Å². The number of benzene rings is 1. The first-order valence-electron chi connectivity index (χ1n) is 4.56. The lowest BCUT2D eigenvalue weighted by molar-refractivity contribution is 0.458. The Hall–Kier alpha value is -1.13. The second-order valence-corrected chi connectivity index (χ2v) is 4.51. The van der Waals surface area contributed by atoms with E-state index in [4.69, 9.17) is 16.3 Å². The minimum absolute atomic E-state index is 0.363. The fourth-order valence-corrected chi connectivity index (χ4v) is 1.83. The van der Waals surface area contributed by atoms with Crippen LogP contribution in [0.25, 0.3) is 0 Å². The van der Waals surface area contributed by atoms with Gasteiger partial charge in [0.1, 0.15) is 17.1 Å². The number of hydrogen-bond donors (Lipinski definition) is 0. The summed E-state index contributed by atoms with van der Waals surface area (Å²) in [5, 5.41) is 0.393. The molecule has 0 unspecified atom stereocenters. The molecule has 0 radical (unpaired) electrons. The van der Waals surface area contributed by atoms with Crippen LogP contribution in [0.4, 0.5) is 0 Å². The Labute approximate surface area is 107 Å². The van der Waals surface area contributed by atoms with Gasteiger partial charge in [0, 0.05) is 4.47 Å². The molecule has 0 aliphatic rings. The number of hydrogen-bond acceptors (Lipinski definition) is 3. The van der Waals surface area contributed by atoms with Gasteiger partial charge in [0.2, 0.25) is 5.88 Å². The summed E-state index contributed by atoms with van der Waals surface area (Å²) in [6, 6.07) is 5.72. The minimum Gasteiger partial charge on any atom is -0.437 e. The first kappa shape index (κ1) is 11.4. The zero-order valence-corrected chi connectivity index (χ0v) is 10.8. The maximum atomic E-state index is 5.90. The summed E-state index contributed by atoms with van der Waals surface area (Å²) in [5.74, 6) is 1.09. The average molecular weight is 300 g/mol. The van der Waals surface area contributed by atoms with E-state index in [1.165, 1.54) is 12.5 Å². The molecule has 0 aliphatic carbocycles. The Morgan fingerprint density at radius 2 is 2.19 bits per heavy atom. The Kier molecular flexibility index (Phi) is 3.41. The van der Waals surface area contributed by atoms with Gasteiger partial charge in [-0.05, 0) is 30.7 Å². The highest BCUT2D eigenvalue weighted by Gasteiger charge is 2.06. The molecule has 1 heterocycles. The molecule has 0 spiro atoms. The summed E-state index contributed by atoms with van der Waals surface area (Å²) >= 11 is 9.29. The molecule has 5 heteroatoms. The largest absolute Gasteiger partial charge is 0.437 e. The van der Waals surface area contributed by atoms with Gasteiger partial charge in [-0.2, -0.15) is 0 Å². The summed E-state index contributed by atoms with van der Waals surface area (Å²) in [6.45, 7) is 1.95. The van der Waals surface area contributed by atoms with Crippen LogP contribution in [0.1, 0.15) is 5.56 Å². The highest BCUT2D eigenvalue weighted by Crippen LogP contribution is 2.29. The molecular weight excluding hydrogens is 291 g/mol. The fourth-order valence-electron chi connectivity index (χ4n) is 1.21. The molecule has 0 atom stereocenters. The quantitative estimate of drug-likeness (QED) is 0.841. The number of ether oxygens (including phenoxy) is 1. The minimum atomic E-state index is 0.363. The molecule has 3 nitrogen and oxygen atoms in total. The van der Waals surface area contributed by atoms with Gasteiger partial charge in [0.15, 0.2) is 0 Å². The topological polar surface area (TPSA) is 35.0 Å². The van der Waals surface area contributed by atoms with Crippen molar-refractivity contribution in [3.63, 3.8) is 0 Å². The van der Waals surface area contributed by atoms with E-state index in [-0.39, 0.29) is 0 Å². The van der Waals surface area contributed by atoms with Crippen molar-refractivity contribution in [3.8, 4) is 11.6 Å². The predicted molar refractivity (Wildman–Crippen MR) is 66.0 cm³/mol. The van der Waals surface area contributed by atoms with Gasteiger partial charge in [-0.25, -0.2) is 9.97 Å². The highest BCUT2D eigenvalue weighted by molar-refractivity contribution is 9.10. The SMILES string of the molecule is Cc1cc(Br)ccc1Oc1ncncc1Cl. The molecule has 0 N–H and O–H groups in total. The molecule has 16 heavy (non-hydrogen) atoms. The summed E-state index contributed by atoms with van der Waals surface area (Å²) < 4.78 is 6.60. The van der Waals surface area contributed by atoms with Gasteiger partial charge in [-0.15, -0.1) is 0 Å². The number of aryl methyl sites for hydroxylation is 1. The van der Waals surface area contributed by atoms with E-state index >= 15 is 0 Å². The number of nitrogens with zero attached hydrogens (tertiary/aromatic N) is 2. The molecule has 0 aliphatic heterocycles. The lowest BCUT2D eigenvalue weighted by Crippen LogP contribution is -1.91. The van der Waals surface area contributed by atoms with Crippen molar-refractivity contribution in [1.29, 1.82) is 0 Å². The summed E-state index contributed by atoms with van der Waals surface area (Å²) in [6.07, 6.45) is 2.90. The Morgan fingerprint density at radius 3 is 2.88 bits per heavy atom. The van der Waals surface area contributed by atoms with Crippen molar-refractivity contribution in [3.05, 3.63) is 45.8 Å². The van der Waals surface area contributed by atoms with E-state index in [2.05, 4.69) is 25.9 Å². The Morgan fingerprint density at radius 1 is 1.38 bits per heavy atom. The Balaban J connectivity index is 2.31. The van der Waals surface area contributed by atoms with Crippen molar-refractivity contribution < 1.29 is 4.74 Å². The lowest BCUT2D eigenvalue weighted by atomic mass is 10.2. The molecule has 0 amide bonds. The number of halogens is 2. The van der Waals surface area contributed by atoms with E-state index in [9.17, 15) is 0 Å². The number of aromatic nitrogens is 2. The van der Waals surface area contributed by atoms with E-state index in [1.54, 1.807) is 0 Å². The second kappa shape index (κ2) is 4.80. The standard InChI is InChI=1S/C11H8BrClN2O/c1-7-4-8(12)2-3-10(7)16-11-9(13)5-14-6-15-11/h2-6H,1H3. The van der Waals surface area contributed by atoms with E-state index in [0.29, 0.717) is 10.9 Å². The molecule has 0 saturated heterocycles. The van der Waals surface area contributed by atoms with Crippen molar-refractivity contribution in [2.24, 2.45) is 0 Å². The highest BCUT2D eigenvalue weighted by atomic mass is 79.9. The van der Waals surface area contributed by atoms with Crippen LogP contribution >= 0.6 is 27.5 Å². The summed E-state index contributed by atoms with van der Waals surface area (Å²) in [7, 11) is 0. The van der Waals surface area contributed by atoms with E-state index in [1.807, 2.05) is 25.1 Å². The molecule has 0 bridgehead atoms. The van der Waals surface area contributed by atoms with Crippen LogP contribution < -0.4 is 4.74 Å². The van der Waals surface area contributed by atoms with Gasteiger partial charge in [0.05, 0.1) is 6.20 Å². The molecule has 82 valence electrons. The number of rotatable bonds is 2. The maximum Gasteiger partial charge on any atom is 0.241 e. The summed E-state index contributed by atoms with van der Waals surface area (Å²) in [5.41, 5.74) is 1.00. The molecule has 0 fully saturated rings. The third-order valence-corrected chi connectivity index (χ3v) is 2.73. The van der Waals surface area contributed by atoms with Crippen LogP contribution in [0.5, 0.6) is 11.6 Å². The molecule has 2 rings (SSSR count). The molecule has 1 aromatic carbocycles. The maximum absolute atomic E-state index is 5.90. The zero-order valence-electron chi connectivity index (χ0n) is 8.45. The van der Waals surface area contributed by atoms with Gasteiger partial charge < -0.3 is 4.74 Å².